The van der Waals surface area contributed by atoms with Crippen LogP contribution in [0.25, 0.3) is 10.9 Å². The van der Waals surface area contributed by atoms with Crippen LogP contribution in [0.5, 0.6) is 0 Å². The Morgan fingerprint density at radius 3 is 2.24 bits per heavy atom. The van der Waals surface area contributed by atoms with Gasteiger partial charge in [0.15, 0.2) is 0 Å². The summed E-state index contributed by atoms with van der Waals surface area (Å²) in [5.74, 6) is -3.31. The summed E-state index contributed by atoms with van der Waals surface area (Å²) in [4.78, 5) is 52.0. The molecule has 1 heterocycles. The number of hydrogen-bond donors (Lipinski definition) is 7. The molecule has 0 spiro atoms. The van der Waals surface area contributed by atoms with Gasteiger partial charge in [0, 0.05) is 23.5 Å². The third kappa shape index (κ3) is 7.29. The van der Waals surface area contributed by atoms with Crippen LogP contribution in [0.2, 0.25) is 0 Å². The Labute approximate surface area is 191 Å². The summed E-state index contributed by atoms with van der Waals surface area (Å²) in [6, 6.07) is 3.80. The predicted octanol–water partition coefficient (Wildman–Crippen LogP) is -0.753. The maximum absolute atomic E-state index is 13.1. The molecule has 0 saturated carbocycles. The largest absolute Gasteiger partial charge is 0.480 e. The van der Waals surface area contributed by atoms with E-state index in [4.69, 9.17) is 5.73 Å². The first-order valence-electron chi connectivity index (χ1n) is 10.6. The van der Waals surface area contributed by atoms with Crippen molar-refractivity contribution < 1.29 is 29.4 Å². The summed E-state index contributed by atoms with van der Waals surface area (Å²) in [7, 11) is 0. The summed E-state index contributed by atoms with van der Waals surface area (Å²) in [6.45, 7) is 2.58. The second kappa shape index (κ2) is 12.0. The number of aliphatic carboxylic acids is 1. The van der Waals surface area contributed by atoms with Gasteiger partial charge in [-0.2, -0.15) is 0 Å². The molecule has 8 N–H and O–H groups in total. The van der Waals surface area contributed by atoms with Crippen LogP contribution in [-0.4, -0.2) is 70.2 Å². The minimum atomic E-state index is -1.31. The monoisotopic (exact) mass is 461 g/mol. The fourth-order valence-corrected chi connectivity index (χ4v) is 3.41. The van der Waals surface area contributed by atoms with Crippen molar-refractivity contribution in [3.8, 4) is 0 Å². The Bertz CT molecular complexity index is 989. The fraction of sp³-hybridized carbons (Fsp3) is 0.455. The Balaban J connectivity index is 2.28. The van der Waals surface area contributed by atoms with Gasteiger partial charge in [-0.05, 0) is 24.0 Å². The lowest BCUT2D eigenvalue weighted by Crippen LogP contribution is -2.57. The van der Waals surface area contributed by atoms with E-state index in [1.54, 1.807) is 6.20 Å². The summed E-state index contributed by atoms with van der Waals surface area (Å²) < 4.78 is 0. The molecule has 3 amide bonds. The van der Waals surface area contributed by atoms with E-state index in [0.29, 0.717) is 0 Å². The number of aromatic nitrogens is 1. The average molecular weight is 462 g/mol. The number of nitrogens with two attached hydrogens (primary N) is 1. The zero-order valence-corrected chi connectivity index (χ0v) is 18.6. The summed E-state index contributed by atoms with van der Waals surface area (Å²) in [5.41, 5.74) is 6.81. The number of H-pyrrole nitrogens is 1. The van der Waals surface area contributed by atoms with Gasteiger partial charge in [0.2, 0.25) is 17.7 Å². The van der Waals surface area contributed by atoms with E-state index in [9.17, 15) is 29.4 Å². The zero-order chi connectivity index (χ0) is 24.5. The number of amides is 3. The number of hydrogen-bond acceptors (Lipinski definition) is 6. The van der Waals surface area contributed by atoms with Crippen molar-refractivity contribution in [1.82, 2.24) is 20.9 Å². The highest BCUT2D eigenvalue weighted by Gasteiger charge is 2.30. The molecule has 1 aromatic carbocycles. The highest BCUT2D eigenvalue weighted by atomic mass is 16.4. The van der Waals surface area contributed by atoms with Crippen LogP contribution < -0.4 is 21.7 Å². The first-order valence-corrected chi connectivity index (χ1v) is 10.6. The summed E-state index contributed by atoms with van der Waals surface area (Å²) >= 11 is 0. The molecule has 180 valence electrons. The third-order valence-electron chi connectivity index (χ3n) is 5.07. The van der Waals surface area contributed by atoms with Gasteiger partial charge in [-0.1, -0.05) is 32.0 Å². The molecule has 0 bridgehead atoms. The van der Waals surface area contributed by atoms with E-state index in [-0.39, 0.29) is 25.3 Å². The van der Waals surface area contributed by atoms with E-state index >= 15 is 0 Å². The van der Waals surface area contributed by atoms with Crippen molar-refractivity contribution in [2.45, 2.75) is 44.8 Å². The van der Waals surface area contributed by atoms with Crippen LogP contribution >= 0.6 is 0 Å². The third-order valence-corrected chi connectivity index (χ3v) is 5.07. The number of aliphatic hydroxyl groups excluding tert-OH is 1. The highest BCUT2D eigenvalue weighted by Crippen LogP contribution is 2.19. The molecule has 0 aliphatic rings. The maximum Gasteiger partial charge on any atom is 0.326 e. The van der Waals surface area contributed by atoms with E-state index in [1.165, 1.54) is 0 Å². The van der Waals surface area contributed by atoms with E-state index < -0.39 is 48.4 Å². The lowest BCUT2D eigenvalue weighted by atomic mass is 10.0. The van der Waals surface area contributed by atoms with Crippen LogP contribution in [0, 0.1) is 5.92 Å². The Hall–Kier alpha value is -3.44. The average Bonchev–Trinajstić information content (AvgIpc) is 3.18. The second-order valence-electron chi connectivity index (χ2n) is 8.16. The predicted molar refractivity (Wildman–Crippen MR) is 121 cm³/mol. The van der Waals surface area contributed by atoms with E-state index in [0.717, 1.165) is 16.5 Å². The molecule has 2 rings (SSSR count). The molecule has 0 aliphatic heterocycles. The van der Waals surface area contributed by atoms with Crippen LogP contribution in [0.15, 0.2) is 30.5 Å². The molecule has 1 aromatic heterocycles. The molecule has 0 saturated heterocycles. The van der Waals surface area contributed by atoms with Gasteiger partial charge in [-0.15, -0.1) is 0 Å². The Morgan fingerprint density at radius 1 is 1.00 bits per heavy atom. The Morgan fingerprint density at radius 2 is 1.64 bits per heavy atom. The van der Waals surface area contributed by atoms with Crippen molar-refractivity contribution in [3.05, 3.63) is 36.0 Å². The van der Waals surface area contributed by atoms with Crippen molar-refractivity contribution >= 4 is 34.6 Å². The van der Waals surface area contributed by atoms with Gasteiger partial charge < -0.3 is 36.9 Å². The van der Waals surface area contributed by atoms with Gasteiger partial charge in [-0.25, -0.2) is 4.79 Å². The summed E-state index contributed by atoms with van der Waals surface area (Å²) in [5, 5.41) is 27.1. The SMILES string of the molecule is CC(C)CC(NC(=O)C(Cc1c[nH]c2ccccc12)NC(=O)C(CO)NC(=O)CN)C(=O)O. The highest BCUT2D eigenvalue weighted by molar-refractivity contribution is 5.94. The number of fused-ring (bicyclic) bond motifs is 1. The minimum Gasteiger partial charge on any atom is -0.480 e. The van der Waals surface area contributed by atoms with E-state index in [2.05, 4.69) is 20.9 Å². The van der Waals surface area contributed by atoms with Gasteiger partial charge in [0.05, 0.1) is 13.2 Å². The van der Waals surface area contributed by atoms with Crippen LogP contribution in [0.1, 0.15) is 25.8 Å². The lowest BCUT2D eigenvalue weighted by molar-refractivity contribution is -0.142. The number of benzene rings is 1. The number of rotatable bonds is 12. The molecule has 0 fully saturated rings. The topological polar surface area (TPSA) is 187 Å². The van der Waals surface area contributed by atoms with Crippen molar-refractivity contribution in [1.29, 1.82) is 0 Å². The quantitative estimate of drug-likeness (QED) is 0.216. The number of aliphatic hydroxyl groups is 1. The van der Waals surface area contributed by atoms with E-state index in [1.807, 2.05) is 38.1 Å². The number of para-hydroxylation sites is 1. The standard InChI is InChI=1S/C22H31N5O6/c1-12(2)7-17(22(32)33)27-20(30)16(26-21(31)18(11-28)25-19(29)9-23)8-13-10-24-15-6-4-3-5-14(13)15/h3-6,10,12,16-18,24,28H,7-9,11,23H2,1-2H3,(H,25,29)(H,26,31)(H,27,30)(H,32,33). The molecule has 0 aliphatic carbocycles. The van der Waals surface area contributed by atoms with Gasteiger partial charge in [0.25, 0.3) is 0 Å². The van der Waals surface area contributed by atoms with Crippen LogP contribution in [0.3, 0.4) is 0 Å². The molecule has 0 radical (unpaired) electrons. The second-order valence-corrected chi connectivity index (χ2v) is 8.16. The van der Waals surface area contributed by atoms with Crippen LogP contribution in [-0.2, 0) is 25.6 Å². The maximum atomic E-state index is 13.1. The molecule has 11 heteroatoms. The number of nitrogens with one attached hydrogen (secondary N) is 4. The minimum absolute atomic E-state index is 0.0123. The normalized spacial score (nSPS) is 13.8. The van der Waals surface area contributed by atoms with Gasteiger partial charge in [0.1, 0.15) is 18.1 Å². The zero-order valence-electron chi connectivity index (χ0n) is 18.6. The first kappa shape index (κ1) is 25.8. The van der Waals surface area contributed by atoms with Gasteiger partial charge >= 0.3 is 5.97 Å². The summed E-state index contributed by atoms with van der Waals surface area (Å²) in [6.07, 6.45) is 1.97. The van der Waals surface area contributed by atoms with Crippen molar-refractivity contribution in [2.75, 3.05) is 13.2 Å². The number of carboxylic acids is 1. The fourth-order valence-electron chi connectivity index (χ4n) is 3.41. The molecule has 11 nitrogen and oxygen atoms in total. The molecular formula is C22H31N5O6. The molecule has 3 atom stereocenters. The Kier molecular flexibility index (Phi) is 9.37. The first-order chi connectivity index (χ1) is 15.7. The van der Waals surface area contributed by atoms with Crippen LogP contribution in [0.4, 0.5) is 0 Å². The molecular weight excluding hydrogens is 430 g/mol. The van der Waals surface area contributed by atoms with Crippen molar-refractivity contribution in [3.63, 3.8) is 0 Å². The van der Waals surface area contributed by atoms with Crippen molar-refractivity contribution in [2.24, 2.45) is 11.7 Å². The number of aromatic amines is 1. The molecule has 3 unspecified atom stereocenters. The number of carbonyl (C=O) groups excluding carboxylic acids is 3. The number of carboxylic acid groups (broad SMARTS) is 1. The van der Waals surface area contributed by atoms with Gasteiger partial charge in [-0.3, -0.25) is 14.4 Å². The lowest BCUT2D eigenvalue weighted by Gasteiger charge is -2.24. The molecule has 33 heavy (non-hydrogen) atoms. The number of carbonyl (C=O) groups is 4. The smallest absolute Gasteiger partial charge is 0.326 e. The molecule has 2 aromatic rings.